The first-order chi connectivity index (χ1) is 26.9. The van der Waals surface area contributed by atoms with E-state index in [4.69, 9.17) is 23.7 Å². The lowest BCUT2D eigenvalue weighted by molar-refractivity contribution is 0.162. The van der Waals surface area contributed by atoms with Gasteiger partial charge in [-0.3, -0.25) is 0 Å². The Morgan fingerprint density at radius 3 is 2.00 bits per heavy atom. The molecule has 2 saturated carbocycles. The van der Waals surface area contributed by atoms with Gasteiger partial charge in [-0.2, -0.15) is 0 Å². The van der Waals surface area contributed by atoms with Crippen LogP contribution in [0.1, 0.15) is 59.1 Å². The number of aryl methyl sites for hydroxylation is 1. The van der Waals surface area contributed by atoms with E-state index in [1.807, 2.05) is 24.3 Å². The van der Waals surface area contributed by atoms with E-state index in [2.05, 4.69) is 97.9 Å². The van der Waals surface area contributed by atoms with E-state index in [9.17, 15) is 0 Å². The second-order valence-electron chi connectivity index (χ2n) is 15.5. The van der Waals surface area contributed by atoms with Crippen LogP contribution in [0.5, 0.6) is 28.7 Å². The highest BCUT2D eigenvalue weighted by atomic mass is 32.2. The van der Waals surface area contributed by atoms with Crippen LogP contribution in [-0.2, 0) is 11.0 Å². The van der Waals surface area contributed by atoms with Crippen molar-refractivity contribution in [2.75, 3.05) is 28.4 Å². The van der Waals surface area contributed by atoms with Crippen molar-refractivity contribution in [3.63, 3.8) is 0 Å². The van der Waals surface area contributed by atoms with E-state index >= 15 is 0 Å². The lowest BCUT2D eigenvalue weighted by Crippen LogP contribution is -2.36. The SMILES string of the molecule is COc1ccc(C2(c3ccc(OC)cc3)C=Cc3c4c(c5cc(Sc6ccccc6C)c(OC)cc5c3O2)-c2ccc(OC)cc2C42CC3CCC2C3)cc1. The average molecular weight is 745 g/mol. The molecule has 5 nitrogen and oxygen atoms in total. The van der Waals surface area contributed by atoms with Crippen molar-refractivity contribution >= 4 is 28.6 Å². The van der Waals surface area contributed by atoms with Gasteiger partial charge in [0.2, 0.25) is 0 Å². The average Bonchev–Trinajstić information content (AvgIpc) is 3.93. The topological polar surface area (TPSA) is 46.2 Å². The van der Waals surface area contributed by atoms with Gasteiger partial charge in [0, 0.05) is 32.4 Å². The number of rotatable bonds is 8. The zero-order valence-corrected chi connectivity index (χ0v) is 32.7. The molecule has 3 aliphatic carbocycles. The van der Waals surface area contributed by atoms with Gasteiger partial charge in [0.15, 0.2) is 5.60 Å². The third-order valence-electron chi connectivity index (χ3n) is 13.0. The minimum absolute atomic E-state index is 0.127. The molecular formula is C49H44O5S. The van der Waals surface area contributed by atoms with E-state index in [0.29, 0.717) is 11.8 Å². The highest BCUT2D eigenvalue weighted by molar-refractivity contribution is 7.99. The van der Waals surface area contributed by atoms with Crippen LogP contribution in [0.25, 0.3) is 28.0 Å². The van der Waals surface area contributed by atoms with Crippen LogP contribution < -0.4 is 23.7 Å². The first kappa shape index (κ1) is 34.2. The van der Waals surface area contributed by atoms with Crippen molar-refractivity contribution in [3.05, 3.63) is 143 Å². The zero-order valence-electron chi connectivity index (χ0n) is 31.9. The fraction of sp³-hybridized carbons (Fsp3) is 0.265. The molecule has 2 bridgehead atoms. The predicted octanol–water partition coefficient (Wildman–Crippen LogP) is 11.8. The van der Waals surface area contributed by atoms with Crippen molar-refractivity contribution in [2.24, 2.45) is 11.8 Å². The molecule has 2 fully saturated rings. The lowest BCUT2D eigenvalue weighted by atomic mass is 9.65. The Morgan fingerprint density at radius 1 is 0.691 bits per heavy atom. The summed E-state index contributed by atoms with van der Waals surface area (Å²) in [7, 11) is 6.96. The summed E-state index contributed by atoms with van der Waals surface area (Å²) >= 11 is 1.76. The molecule has 0 amide bonds. The summed E-state index contributed by atoms with van der Waals surface area (Å²) in [4.78, 5) is 2.29. The number of ether oxygens (including phenoxy) is 5. The van der Waals surface area contributed by atoms with Gasteiger partial charge in [-0.15, -0.1) is 0 Å². The molecule has 1 heterocycles. The molecule has 0 saturated heterocycles. The number of benzene rings is 6. The number of fused-ring (bicyclic) bond motifs is 13. The number of hydrogen-bond donors (Lipinski definition) is 0. The monoisotopic (exact) mass is 744 g/mol. The third kappa shape index (κ3) is 5.00. The molecule has 0 N–H and O–H groups in total. The van der Waals surface area contributed by atoms with Crippen LogP contribution in [0.2, 0.25) is 0 Å². The maximum absolute atomic E-state index is 7.73. The maximum Gasteiger partial charge on any atom is 0.178 e. The van der Waals surface area contributed by atoms with Crippen LogP contribution in [0.15, 0.2) is 119 Å². The molecular weight excluding hydrogens is 701 g/mol. The smallest absolute Gasteiger partial charge is 0.178 e. The largest absolute Gasteiger partial charge is 0.497 e. The van der Waals surface area contributed by atoms with Gasteiger partial charge in [-0.1, -0.05) is 72.8 Å². The predicted molar refractivity (Wildman–Crippen MR) is 220 cm³/mol. The van der Waals surface area contributed by atoms with Crippen LogP contribution in [0.3, 0.4) is 0 Å². The van der Waals surface area contributed by atoms with E-state index < -0.39 is 5.60 Å². The Morgan fingerprint density at radius 2 is 1.38 bits per heavy atom. The van der Waals surface area contributed by atoms with Crippen LogP contribution >= 0.6 is 11.8 Å². The van der Waals surface area contributed by atoms with Gasteiger partial charge in [-0.25, -0.2) is 0 Å². The van der Waals surface area contributed by atoms with E-state index in [1.54, 1.807) is 40.2 Å². The van der Waals surface area contributed by atoms with Gasteiger partial charge < -0.3 is 23.7 Å². The number of hydrogen-bond acceptors (Lipinski definition) is 6. The quantitative estimate of drug-likeness (QED) is 0.155. The molecule has 3 atom stereocenters. The van der Waals surface area contributed by atoms with Gasteiger partial charge >= 0.3 is 0 Å². The summed E-state index contributed by atoms with van der Waals surface area (Å²) in [5.41, 5.74) is 8.82. The van der Waals surface area contributed by atoms with Crippen LogP contribution in [0, 0.1) is 18.8 Å². The van der Waals surface area contributed by atoms with Crippen molar-refractivity contribution < 1.29 is 23.7 Å². The molecule has 6 heteroatoms. The summed E-state index contributed by atoms with van der Waals surface area (Å²) in [6, 6.07) is 36.5. The summed E-state index contributed by atoms with van der Waals surface area (Å²) in [5, 5.41) is 2.22. The zero-order chi connectivity index (χ0) is 37.5. The molecule has 10 rings (SSSR count). The first-order valence-electron chi connectivity index (χ1n) is 19.2. The third-order valence-corrected chi connectivity index (χ3v) is 14.2. The van der Waals surface area contributed by atoms with Gasteiger partial charge in [0.1, 0.15) is 28.7 Å². The van der Waals surface area contributed by atoms with Crippen LogP contribution in [0.4, 0.5) is 0 Å². The van der Waals surface area contributed by atoms with Gasteiger partial charge in [-0.05, 0) is 132 Å². The summed E-state index contributed by atoms with van der Waals surface area (Å²) in [6.07, 6.45) is 9.57. The maximum atomic E-state index is 7.73. The Hall–Kier alpha value is -5.33. The first-order valence-corrected chi connectivity index (χ1v) is 20.0. The Bertz CT molecular complexity index is 2470. The molecule has 276 valence electrons. The van der Waals surface area contributed by atoms with E-state index in [-0.39, 0.29) is 5.41 Å². The summed E-state index contributed by atoms with van der Waals surface area (Å²) in [5.74, 6) is 5.47. The Kier molecular flexibility index (Phi) is 8.00. The molecule has 6 aromatic rings. The van der Waals surface area contributed by atoms with Gasteiger partial charge in [0.05, 0.1) is 33.3 Å². The normalized spacial score (nSPS) is 20.9. The second kappa shape index (κ2) is 12.9. The lowest BCUT2D eigenvalue weighted by Gasteiger charge is -2.41. The fourth-order valence-corrected chi connectivity index (χ4v) is 11.4. The van der Waals surface area contributed by atoms with Crippen LogP contribution in [-0.4, -0.2) is 28.4 Å². The molecule has 1 aliphatic heterocycles. The molecule has 0 radical (unpaired) electrons. The second-order valence-corrected chi connectivity index (χ2v) is 16.6. The summed E-state index contributed by atoms with van der Waals surface area (Å²) < 4.78 is 31.1. The highest BCUT2D eigenvalue weighted by Crippen LogP contribution is 2.69. The van der Waals surface area contributed by atoms with E-state index in [0.717, 1.165) is 56.6 Å². The fourth-order valence-electron chi connectivity index (χ4n) is 10.4. The molecule has 1 spiro atoms. The van der Waals surface area contributed by atoms with Gasteiger partial charge in [0.25, 0.3) is 0 Å². The van der Waals surface area contributed by atoms with Crippen molar-refractivity contribution in [2.45, 2.75) is 53.4 Å². The van der Waals surface area contributed by atoms with Crippen molar-refractivity contribution in [1.82, 2.24) is 0 Å². The van der Waals surface area contributed by atoms with E-state index in [1.165, 1.54) is 62.9 Å². The minimum Gasteiger partial charge on any atom is -0.497 e. The van der Waals surface area contributed by atoms with Crippen molar-refractivity contribution in [3.8, 4) is 39.9 Å². The Labute approximate surface area is 327 Å². The molecule has 6 aromatic carbocycles. The standard InChI is InChI=1S/C49H44O5S/c1-29-8-6-7-9-43(29)55-44-27-39-40(26-42(44)53-5)47-38(46-45(39)37-21-20-36(52-4)25-41(37)48(46)28-30-10-11-33(48)24-30)22-23-49(54-47,31-12-16-34(50-2)17-13-31)32-14-18-35(51-3)19-15-32/h6-9,12-23,25-27,30,33H,10-11,24,28H2,1-5H3. The highest BCUT2D eigenvalue weighted by Gasteiger charge is 2.59. The molecule has 55 heavy (non-hydrogen) atoms. The Balaban J connectivity index is 1.29. The minimum atomic E-state index is -0.926. The molecule has 0 aromatic heterocycles. The summed E-state index contributed by atoms with van der Waals surface area (Å²) in [6.45, 7) is 2.17. The number of methoxy groups -OCH3 is 4. The van der Waals surface area contributed by atoms with Crippen molar-refractivity contribution in [1.29, 1.82) is 0 Å². The molecule has 4 aliphatic rings. The molecule has 3 unspecified atom stereocenters.